The average molecular weight is 407 g/mol. The van der Waals surface area contributed by atoms with Gasteiger partial charge in [0.1, 0.15) is 16.5 Å². The number of amides is 2. The topological polar surface area (TPSA) is 71.5 Å². The molecule has 0 radical (unpaired) electrons. The largest absolute Gasteiger partial charge is 0.494 e. The fraction of sp³-hybridized carbons (Fsp3) is 0.227. The Balaban J connectivity index is 1.46. The van der Waals surface area contributed by atoms with Crippen LogP contribution in [-0.4, -0.2) is 29.9 Å². The number of rotatable bonds is 6. The van der Waals surface area contributed by atoms with Gasteiger partial charge >= 0.3 is 0 Å². The van der Waals surface area contributed by atoms with Gasteiger partial charge in [0.2, 0.25) is 5.91 Å². The molecule has 0 bridgehead atoms. The Morgan fingerprint density at radius 2 is 2.07 bits per heavy atom. The molecule has 0 spiro atoms. The zero-order chi connectivity index (χ0) is 20.2. The van der Waals surface area contributed by atoms with Crippen LogP contribution >= 0.6 is 11.3 Å². The number of hydrogen-bond acceptors (Lipinski definition) is 5. The van der Waals surface area contributed by atoms with Gasteiger partial charge in [0, 0.05) is 35.3 Å². The lowest BCUT2D eigenvalue weighted by Gasteiger charge is -2.16. The van der Waals surface area contributed by atoms with Crippen molar-refractivity contribution in [3.05, 3.63) is 59.6 Å². The van der Waals surface area contributed by atoms with Crippen molar-refractivity contribution in [1.29, 1.82) is 0 Å². The average Bonchev–Trinajstić information content (AvgIpc) is 3.38. The Kier molecular flexibility index (Phi) is 5.57. The van der Waals surface area contributed by atoms with Gasteiger partial charge in [0.15, 0.2) is 0 Å². The fourth-order valence-electron chi connectivity index (χ4n) is 3.24. The molecule has 2 heterocycles. The van der Waals surface area contributed by atoms with Crippen LogP contribution in [0.2, 0.25) is 0 Å². The molecule has 1 aliphatic heterocycles. The van der Waals surface area contributed by atoms with Crippen molar-refractivity contribution in [2.45, 2.75) is 19.8 Å². The van der Waals surface area contributed by atoms with Gasteiger partial charge in [-0.05, 0) is 55.8 Å². The predicted octanol–water partition coefficient (Wildman–Crippen LogP) is 4.59. The number of carbonyl (C=O) groups is 2. The van der Waals surface area contributed by atoms with E-state index in [0.717, 1.165) is 28.4 Å². The van der Waals surface area contributed by atoms with Gasteiger partial charge in [-0.2, -0.15) is 0 Å². The van der Waals surface area contributed by atoms with Gasteiger partial charge in [-0.1, -0.05) is 6.07 Å². The first-order valence-corrected chi connectivity index (χ1v) is 10.4. The van der Waals surface area contributed by atoms with Gasteiger partial charge in [-0.15, -0.1) is 11.3 Å². The van der Waals surface area contributed by atoms with Crippen LogP contribution in [0, 0.1) is 0 Å². The number of nitrogens with one attached hydrogen (secondary N) is 1. The molecule has 1 N–H and O–H groups in total. The molecule has 6 nitrogen and oxygen atoms in total. The molecule has 2 aromatic carbocycles. The summed E-state index contributed by atoms with van der Waals surface area (Å²) in [5, 5.41) is 5.39. The molecule has 1 aliphatic rings. The molecule has 7 heteroatoms. The first-order valence-electron chi connectivity index (χ1n) is 9.54. The van der Waals surface area contributed by atoms with E-state index >= 15 is 0 Å². The van der Waals surface area contributed by atoms with E-state index < -0.39 is 0 Å². The molecule has 0 aliphatic carbocycles. The molecule has 29 heavy (non-hydrogen) atoms. The lowest BCUT2D eigenvalue weighted by Crippen LogP contribution is -2.23. The Morgan fingerprint density at radius 1 is 1.24 bits per heavy atom. The van der Waals surface area contributed by atoms with Crippen molar-refractivity contribution in [2.75, 3.05) is 23.4 Å². The highest BCUT2D eigenvalue weighted by atomic mass is 32.1. The van der Waals surface area contributed by atoms with Crippen LogP contribution in [-0.2, 0) is 4.79 Å². The number of nitrogens with zero attached hydrogens (tertiary/aromatic N) is 2. The van der Waals surface area contributed by atoms with Gasteiger partial charge in [-0.25, -0.2) is 4.98 Å². The monoisotopic (exact) mass is 407 g/mol. The quantitative estimate of drug-likeness (QED) is 0.649. The van der Waals surface area contributed by atoms with Crippen molar-refractivity contribution in [3.63, 3.8) is 0 Å². The highest BCUT2D eigenvalue weighted by molar-refractivity contribution is 7.13. The number of ether oxygens (including phenoxy) is 1. The van der Waals surface area contributed by atoms with Crippen LogP contribution < -0.4 is 15.0 Å². The maximum Gasteiger partial charge on any atom is 0.275 e. The van der Waals surface area contributed by atoms with Gasteiger partial charge in [-0.3, -0.25) is 9.59 Å². The SMILES string of the molecule is CCOc1ccc(-c2nc(C(=O)Nc3cccc(N4CCCC4=O)c3)cs2)cc1. The molecule has 3 aromatic rings. The Morgan fingerprint density at radius 3 is 2.79 bits per heavy atom. The van der Waals surface area contributed by atoms with Crippen molar-refractivity contribution >= 4 is 34.5 Å². The smallest absolute Gasteiger partial charge is 0.275 e. The molecular formula is C22H21N3O3S. The van der Waals surface area contributed by atoms with E-state index in [2.05, 4.69) is 10.3 Å². The zero-order valence-electron chi connectivity index (χ0n) is 16.1. The molecule has 1 fully saturated rings. The van der Waals surface area contributed by atoms with Crippen LogP contribution in [0.25, 0.3) is 10.6 Å². The zero-order valence-corrected chi connectivity index (χ0v) is 16.9. The van der Waals surface area contributed by atoms with Crippen LogP contribution in [0.15, 0.2) is 53.9 Å². The van der Waals surface area contributed by atoms with Crippen LogP contribution in [0.1, 0.15) is 30.3 Å². The lowest BCUT2D eigenvalue weighted by molar-refractivity contribution is -0.117. The number of aromatic nitrogens is 1. The summed E-state index contributed by atoms with van der Waals surface area (Å²) in [5.41, 5.74) is 2.75. The number of benzene rings is 2. The molecule has 0 saturated carbocycles. The van der Waals surface area contributed by atoms with Crippen molar-refractivity contribution in [3.8, 4) is 16.3 Å². The van der Waals surface area contributed by atoms with E-state index in [1.807, 2.05) is 55.5 Å². The molecule has 2 amide bonds. The summed E-state index contributed by atoms with van der Waals surface area (Å²) >= 11 is 1.42. The van der Waals surface area contributed by atoms with E-state index in [1.165, 1.54) is 11.3 Å². The molecule has 0 unspecified atom stereocenters. The number of hydrogen-bond donors (Lipinski definition) is 1. The molecular weight excluding hydrogens is 386 g/mol. The summed E-state index contributed by atoms with van der Waals surface area (Å²) < 4.78 is 5.45. The summed E-state index contributed by atoms with van der Waals surface area (Å²) in [7, 11) is 0. The van der Waals surface area contributed by atoms with E-state index in [0.29, 0.717) is 31.0 Å². The fourth-order valence-corrected chi connectivity index (χ4v) is 4.05. The summed E-state index contributed by atoms with van der Waals surface area (Å²) in [4.78, 5) is 30.8. The summed E-state index contributed by atoms with van der Waals surface area (Å²) in [6.07, 6.45) is 1.44. The minimum Gasteiger partial charge on any atom is -0.494 e. The highest BCUT2D eigenvalue weighted by Gasteiger charge is 2.22. The van der Waals surface area contributed by atoms with Crippen molar-refractivity contribution < 1.29 is 14.3 Å². The molecule has 0 atom stereocenters. The number of thiazole rings is 1. The van der Waals surface area contributed by atoms with Crippen LogP contribution in [0.3, 0.4) is 0 Å². The first-order chi connectivity index (χ1) is 14.1. The summed E-state index contributed by atoms with van der Waals surface area (Å²) in [6, 6.07) is 15.0. The van der Waals surface area contributed by atoms with Crippen molar-refractivity contribution in [2.24, 2.45) is 0 Å². The maximum atomic E-state index is 12.6. The minimum atomic E-state index is -0.275. The molecule has 148 valence electrons. The Bertz CT molecular complexity index is 1030. The first kappa shape index (κ1) is 19.1. The Labute approximate surface area is 173 Å². The third-order valence-corrected chi connectivity index (χ3v) is 5.53. The number of carbonyl (C=O) groups excluding carboxylic acids is 2. The van der Waals surface area contributed by atoms with E-state index in [1.54, 1.807) is 10.3 Å². The van der Waals surface area contributed by atoms with E-state index in [-0.39, 0.29) is 11.8 Å². The van der Waals surface area contributed by atoms with Crippen LogP contribution in [0.5, 0.6) is 5.75 Å². The van der Waals surface area contributed by atoms with Crippen molar-refractivity contribution in [1.82, 2.24) is 4.98 Å². The van der Waals surface area contributed by atoms with Gasteiger partial charge in [0.05, 0.1) is 6.61 Å². The lowest BCUT2D eigenvalue weighted by atomic mass is 10.2. The molecule has 4 rings (SSSR count). The molecule has 1 saturated heterocycles. The minimum absolute atomic E-state index is 0.118. The second-order valence-electron chi connectivity index (χ2n) is 6.65. The third kappa shape index (κ3) is 4.30. The summed E-state index contributed by atoms with van der Waals surface area (Å²) in [6.45, 7) is 3.28. The standard InChI is InChI=1S/C22H21N3O3S/c1-2-28-18-10-8-15(9-11-18)22-24-19(14-29-22)21(27)23-16-5-3-6-17(13-16)25-12-4-7-20(25)26/h3,5-6,8-11,13-14H,2,4,7,12H2,1H3,(H,23,27). The third-order valence-electron chi connectivity index (χ3n) is 4.64. The highest BCUT2D eigenvalue weighted by Crippen LogP contribution is 2.27. The van der Waals surface area contributed by atoms with Gasteiger partial charge in [0.25, 0.3) is 5.91 Å². The second-order valence-corrected chi connectivity index (χ2v) is 7.51. The van der Waals surface area contributed by atoms with E-state index in [4.69, 9.17) is 4.74 Å². The van der Waals surface area contributed by atoms with Gasteiger partial charge < -0.3 is 15.0 Å². The van der Waals surface area contributed by atoms with E-state index in [9.17, 15) is 9.59 Å². The summed E-state index contributed by atoms with van der Waals surface area (Å²) in [5.74, 6) is 0.651. The maximum absolute atomic E-state index is 12.6. The number of anilines is 2. The Hall–Kier alpha value is -3.19. The molecule has 1 aromatic heterocycles. The second kappa shape index (κ2) is 8.45. The normalized spacial score (nSPS) is 13.6. The predicted molar refractivity (Wildman–Crippen MR) is 115 cm³/mol. The van der Waals surface area contributed by atoms with Crippen LogP contribution in [0.4, 0.5) is 11.4 Å².